The predicted octanol–water partition coefficient (Wildman–Crippen LogP) is 18.1. The van der Waals surface area contributed by atoms with Crippen LogP contribution in [0, 0.1) is 48.4 Å². The van der Waals surface area contributed by atoms with Crippen LogP contribution in [0.5, 0.6) is 23.0 Å². The van der Waals surface area contributed by atoms with E-state index in [-0.39, 0.29) is 27.2 Å². The Hall–Kier alpha value is -11.0. The molecule has 0 fully saturated rings. The van der Waals surface area contributed by atoms with Gasteiger partial charge in [0.1, 0.15) is 23.0 Å². The molecule has 96 heavy (non-hydrogen) atoms. The highest BCUT2D eigenvalue weighted by molar-refractivity contribution is 6.13. The molecule has 0 aromatic heterocycles. The summed E-state index contributed by atoms with van der Waals surface area (Å²) < 4.78 is 49.5. The molecule has 0 saturated carbocycles. The lowest BCUT2D eigenvalue weighted by atomic mass is 9.87. The molecule has 0 aliphatic rings. The standard InChI is InChI=1S/C88H74O8/c1-7-69-53-73-49-65(37-33-61-23-13-9-14-24-61)41-45-77(73)81(85(69)93-57-89-3)83-79-47-43-67(39-35-63-27-17-11-18-28-63)51-75(79)55-71(87(83)95-59-91-5)31-21-22-32-72-56-76-52-68(40-36-64-29-19-12-20-30-64)44-48-80(76)84(88(72)96-60-92-6)82-78-46-42-66(38-34-62-25-15-10-16-26-62)50-74(78)54-70(8-2)86(82)94-58-90-4/h1-2,9-20,23-30,41-56H,33-40,57-60H2,3-6H3. The Morgan fingerprint density at radius 2 is 0.490 bits per heavy atom. The van der Waals surface area contributed by atoms with E-state index in [9.17, 15) is 0 Å². The van der Waals surface area contributed by atoms with Crippen LogP contribution in [0.15, 0.2) is 218 Å². The van der Waals surface area contributed by atoms with Gasteiger partial charge >= 0.3 is 0 Å². The summed E-state index contributed by atoms with van der Waals surface area (Å²) >= 11 is 0. The minimum absolute atomic E-state index is 0.0575. The lowest BCUT2D eigenvalue weighted by molar-refractivity contribution is 0.0500. The fraction of sp³-hybridized carbons (Fsp3) is 0.182. The highest BCUT2D eigenvalue weighted by Crippen LogP contribution is 2.51. The lowest BCUT2D eigenvalue weighted by Crippen LogP contribution is -2.07. The first-order chi connectivity index (χ1) is 47.3. The summed E-state index contributed by atoms with van der Waals surface area (Å²) in [6, 6.07) is 76.6. The molecule has 8 heteroatoms. The van der Waals surface area contributed by atoms with Crippen molar-refractivity contribution in [3.05, 3.63) is 285 Å². The van der Waals surface area contributed by atoms with E-state index in [1.54, 1.807) is 28.4 Å². The van der Waals surface area contributed by atoms with Crippen molar-refractivity contribution in [3.8, 4) is 93.6 Å². The van der Waals surface area contributed by atoms with Crippen LogP contribution >= 0.6 is 0 Å². The second-order valence-electron chi connectivity index (χ2n) is 23.7. The summed E-state index contributed by atoms with van der Waals surface area (Å²) in [7, 11) is 6.40. The van der Waals surface area contributed by atoms with E-state index in [1.807, 2.05) is 36.4 Å². The minimum atomic E-state index is -0.0905. The van der Waals surface area contributed by atoms with E-state index in [1.165, 1.54) is 33.4 Å². The third-order valence-corrected chi connectivity index (χ3v) is 17.4. The van der Waals surface area contributed by atoms with Gasteiger partial charge in [-0.15, -0.1) is 12.8 Å². The maximum Gasteiger partial charge on any atom is 0.188 e. The number of hydrogen-bond acceptors (Lipinski definition) is 8. The number of fused-ring (bicyclic) bond motifs is 4. The van der Waals surface area contributed by atoms with Gasteiger partial charge in [-0.1, -0.05) is 206 Å². The fourth-order valence-corrected chi connectivity index (χ4v) is 12.8. The van der Waals surface area contributed by atoms with Crippen LogP contribution in [0.2, 0.25) is 0 Å². The molecule has 0 bridgehead atoms. The number of rotatable bonds is 26. The van der Waals surface area contributed by atoms with E-state index >= 15 is 0 Å². The molecule has 0 saturated heterocycles. The van der Waals surface area contributed by atoms with Crippen LogP contribution in [-0.2, 0) is 70.3 Å². The van der Waals surface area contributed by atoms with Crippen molar-refractivity contribution in [2.24, 2.45) is 0 Å². The second kappa shape index (κ2) is 31.7. The van der Waals surface area contributed by atoms with Gasteiger partial charge in [0, 0.05) is 50.7 Å². The lowest BCUT2D eigenvalue weighted by Gasteiger charge is -2.22. The summed E-state index contributed by atoms with van der Waals surface area (Å²) in [6.45, 7) is -0.296. The molecule has 0 N–H and O–H groups in total. The maximum atomic E-state index is 6.81. The molecule has 0 unspecified atom stereocenters. The van der Waals surface area contributed by atoms with E-state index in [0.717, 1.165) is 128 Å². The van der Waals surface area contributed by atoms with E-state index in [4.69, 9.17) is 50.7 Å². The number of terminal acetylenes is 2. The van der Waals surface area contributed by atoms with Crippen molar-refractivity contribution < 1.29 is 37.9 Å². The highest BCUT2D eigenvalue weighted by atomic mass is 16.7. The smallest absolute Gasteiger partial charge is 0.188 e. The van der Waals surface area contributed by atoms with Gasteiger partial charge in [-0.05, 0) is 187 Å². The van der Waals surface area contributed by atoms with Crippen LogP contribution in [0.25, 0.3) is 65.3 Å². The van der Waals surface area contributed by atoms with Crippen molar-refractivity contribution >= 4 is 43.1 Å². The Bertz CT molecular complexity index is 4650. The van der Waals surface area contributed by atoms with Gasteiger partial charge in [0.05, 0.1) is 22.3 Å². The van der Waals surface area contributed by atoms with Gasteiger partial charge in [0.25, 0.3) is 0 Å². The van der Waals surface area contributed by atoms with Crippen molar-refractivity contribution in [2.75, 3.05) is 55.6 Å². The normalized spacial score (nSPS) is 11.0. The van der Waals surface area contributed by atoms with Gasteiger partial charge in [0.2, 0.25) is 0 Å². The van der Waals surface area contributed by atoms with E-state index < -0.39 is 0 Å². The van der Waals surface area contributed by atoms with Gasteiger partial charge in [-0.25, -0.2) is 0 Å². The number of aryl methyl sites for hydroxylation is 8. The third-order valence-electron chi connectivity index (χ3n) is 17.4. The molecule has 12 aromatic carbocycles. The molecule has 0 aliphatic carbocycles. The molecule has 0 heterocycles. The predicted molar refractivity (Wildman–Crippen MR) is 389 cm³/mol. The average molecular weight is 1260 g/mol. The zero-order valence-corrected chi connectivity index (χ0v) is 54.7. The number of benzene rings is 12. The van der Waals surface area contributed by atoms with Crippen LogP contribution in [0.1, 0.15) is 66.8 Å². The molecule has 0 atom stereocenters. The molecular weight excluding hydrogens is 1180 g/mol. The van der Waals surface area contributed by atoms with Crippen molar-refractivity contribution in [1.29, 1.82) is 0 Å². The Kier molecular flexibility index (Phi) is 21.5. The molecule has 12 aromatic rings. The SMILES string of the molecule is C#Cc1cc2cc(CCc3ccccc3)ccc2c(-c2c(OCOC)c(C#CC#Cc3cc4cc(CCc5ccccc5)ccc4c(-c4c(OCOC)c(C#C)cc5cc(CCc6ccccc6)ccc45)c3OCOC)cc3cc(CCc4ccccc4)ccc23)c1OCOC. The van der Waals surface area contributed by atoms with Crippen molar-refractivity contribution in [1.82, 2.24) is 0 Å². The summed E-state index contributed by atoms with van der Waals surface area (Å²) in [5.41, 5.74) is 14.9. The minimum Gasteiger partial charge on any atom is -0.466 e. The first-order valence-corrected chi connectivity index (χ1v) is 32.3. The third kappa shape index (κ3) is 15.1. The summed E-state index contributed by atoms with van der Waals surface area (Å²) in [5, 5.41) is 7.38. The Balaban J connectivity index is 1.07. The topological polar surface area (TPSA) is 73.8 Å². The van der Waals surface area contributed by atoms with Gasteiger partial charge in [-0.3, -0.25) is 0 Å². The number of ether oxygens (including phenoxy) is 8. The summed E-state index contributed by atoms with van der Waals surface area (Å²) in [6.07, 6.45) is 19.7. The van der Waals surface area contributed by atoms with Gasteiger partial charge < -0.3 is 37.9 Å². The summed E-state index contributed by atoms with van der Waals surface area (Å²) in [5.74, 6) is 21.4. The maximum absolute atomic E-state index is 6.81. The van der Waals surface area contributed by atoms with Crippen LogP contribution in [0.4, 0.5) is 0 Å². The van der Waals surface area contributed by atoms with Crippen LogP contribution < -0.4 is 18.9 Å². The molecule has 474 valence electrons. The first-order valence-electron chi connectivity index (χ1n) is 32.3. The molecule has 12 rings (SSSR count). The van der Waals surface area contributed by atoms with Crippen molar-refractivity contribution in [2.45, 2.75) is 51.4 Å². The highest BCUT2D eigenvalue weighted by Gasteiger charge is 2.27. The van der Waals surface area contributed by atoms with E-state index in [2.05, 4.69) is 218 Å². The first kappa shape index (κ1) is 65.0. The van der Waals surface area contributed by atoms with Crippen molar-refractivity contribution in [3.63, 3.8) is 0 Å². The van der Waals surface area contributed by atoms with Gasteiger partial charge in [0.15, 0.2) is 27.2 Å². The van der Waals surface area contributed by atoms with Crippen LogP contribution in [0.3, 0.4) is 0 Å². The van der Waals surface area contributed by atoms with Gasteiger partial charge in [-0.2, -0.15) is 0 Å². The molecule has 0 amide bonds. The quantitative estimate of drug-likeness (QED) is 0.0392. The molecule has 0 aliphatic heterocycles. The molecule has 0 spiro atoms. The Labute approximate surface area is 563 Å². The molecular formula is C88H74O8. The number of methoxy groups -OCH3 is 4. The zero-order chi connectivity index (χ0) is 66.0. The Morgan fingerprint density at radius 1 is 0.260 bits per heavy atom. The zero-order valence-electron chi connectivity index (χ0n) is 54.7. The second-order valence-corrected chi connectivity index (χ2v) is 23.7. The summed E-state index contributed by atoms with van der Waals surface area (Å²) in [4.78, 5) is 0. The average Bonchev–Trinajstić information content (AvgIpc) is 0.743. The monoisotopic (exact) mass is 1260 g/mol. The molecule has 0 radical (unpaired) electrons. The number of hydrogen-bond donors (Lipinski definition) is 0. The Morgan fingerprint density at radius 3 is 0.729 bits per heavy atom. The molecule has 8 nitrogen and oxygen atoms in total. The van der Waals surface area contributed by atoms with E-state index in [0.29, 0.717) is 45.3 Å². The fourth-order valence-electron chi connectivity index (χ4n) is 12.8. The largest absolute Gasteiger partial charge is 0.466 e. The van der Waals surface area contributed by atoms with Crippen LogP contribution in [-0.4, -0.2) is 55.6 Å².